The van der Waals surface area contributed by atoms with E-state index in [0.29, 0.717) is 17.1 Å². The molecule has 0 fully saturated rings. The average molecular weight is 322 g/mol. The van der Waals surface area contributed by atoms with Crippen molar-refractivity contribution in [2.45, 2.75) is 11.8 Å². The Bertz CT molecular complexity index is 337. The molecule has 0 bridgehead atoms. The third-order valence-electron chi connectivity index (χ3n) is 1.74. The van der Waals surface area contributed by atoms with Gasteiger partial charge >= 0.3 is 0 Å². The van der Waals surface area contributed by atoms with Gasteiger partial charge in [0.2, 0.25) is 0 Å². The molecule has 0 heterocycles. The van der Waals surface area contributed by atoms with E-state index in [9.17, 15) is 9.90 Å². The lowest BCUT2D eigenvalue weighted by atomic mass is 10.1. The van der Waals surface area contributed by atoms with Crippen molar-refractivity contribution in [2.75, 3.05) is 5.33 Å². The predicted octanol–water partition coefficient (Wildman–Crippen LogP) is 2.79. The van der Waals surface area contributed by atoms with Crippen LogP contribution in [-0.2, 0) is 16.5 Å². The summed E-state index contributed by atoms with van der Waals surface area (Å²) < 4.78 is 0. The van der Waals surface area contributed by atoms with Crippen molar-refractivity contribution in [1.29, 1.82) is 0 Å². The molecule has 0 spiro atoms. The van der Waals surface area contributed by atoms with Crippen LogP contribution in [0.25, 0.3) is 0 Å². The molecule has 1 aromatic carbocycles. The number of hydrogen-bond acceptors (Lipinski definition) is 2. The number of benzene rings is 1. The van der Waals surface area contributed by atoms with Gasteiger partial charge in [-0.1, -0.05) is 37.9 Å². The standard InChI is InChI=1S/C10H10Br2O2/c11-5-8-1-7(2-9(13)4-8)3-10(14)6-12/h1-2,4,13H,3,5-6H2. The molecular formula is C10H10Br2O2. The Hall–Kier alpha value is -0.350. The van der Waals surface area contributed by atoms with Crippen LogP contribution >= 0.6 is 31.9 Å². The van der Waals surface area contributed by atoms with Crippen LogP contribution < -0.4 is 0 Å². The molecule has 76 valence electrons. The molecule has 0 aliphatic carbocycles. The van der Waals surface area contributed by atoms with Crippen LogP contribution in [-0.4, -0.2) is 16.2 Å². The summed E-state index contributed by atoms with van der Waals surface area (Å²) in [6.07, 6.45) is 0.361. The molecule has 1 aromatic rings. The molecule has 0 amide bonds. The highest BCUT2D eigenvalue weighted by Gasteiger charge is 2.04. The van der Waals surface area contributed by atoms with E-state index in [1.165, 1.54) is 0 Å². The summed E-state index contributed by atoms with van der Waals surface area (Å²) in [6.45, 7) is 0. The van der Waals surface area contributed by atoms with Crippen molar-refractivity contribution in [1.82, 2.24) is 0 Å². The van der Waals surface area contributed by atoms with Crippen LogP contribution in [0, 0.1) is 0 Å². The predicted molar refractivity (Wildman–Crippen MR) is 63.2 cm³/mol. The topological polar surface area (TPSA) is 37.3 Å². The zero-order valence-corrected chi connectivity index (χ0v) is 10.6. The molecule has 0 unspecified atom stereocenters. The number of Topliss-reactive ketones (excluding diaryl/α,β-unsaturated/α-hetero) is 1. The summed E-state index contributed by atoms with van der Waals surface area (Å²) in [6, 6.07) is 5.21. The summed E-state index contributed by atoms with van der Waals surface area (Å²) in [7, 11) is 0. The Labute approximate surface area is 99.6 Å². The molecule has 1 N–H and O–H groups in total. The van der Waals surface area contributed by atoms with Crippen molar-refractivity contribution >= 4 is 37.6 Å². The van der Waals surface area contributed by atoms with Crippen LogP contribution in [0.2, 0.25) is 0 Å². The monoisotopic (exact) mass is 320 g/mol. The fourth-order valence-corrected chi connectivity index (χ4v) is 1.72. The third-order valence-corrected chi connectivity index (χ3v) is 3.01. The number of phenols is 1. The van der Waals surface area contributed by atoms with Crippen LogP contribution in [0.5, 0.6) is 5.75 Å². The van der Waals surface area contributed by atoms with Crippen LogP contribution in [0.15, 0.2) is 18.2 Å². The molecule has 0 aliphatic rings. The third kappa shape index (κ3) is 3.42. The van der Waals surface area contributed by atoms with Gasteiger partial charge in [0.15, 0.2) is 0 Å². The fourth-order valence-electron chi connectivity index (χ4n) is 1.20. The largest absolute Gasteiger partial charge is 0.508 e. The van der Waals surface area contributed by atoms with E-state index in [1.807, 2.05) is 6.07 Å². The van der Waals surface area contributed by atoms with Crippen molar-refractivity contribution in [3.05, 3.63) is 29.3 Å². The van der Waals surface area contributed by atoms with Gasteiger partial charge in [-0.05, 0) is 23.3 Å². The van der Waals surface area contributed by atoms with Crippen molar-refractivity contribution in [3.8, 4) is 5.75 Å². The number of aromatic hydroxyl groups is 1. The number of ketones is 1. The summed E-state index contributed by atoms with van der Waals surface area (Å²) in [5.41, 5.74) is 1.83. The summed E-state index contributed by atoms with van der Waals surface area (Å²) in [4.78, 5) is 11.2. The fraction of sp³-hybridized carbons (Fsp3) is 0.300. The summed E-state index contributed by atoms with van der Waals surface area (Å²) in [5, 5.41) is 10.4. The van der Waals surface area contributed by atoms with Crippen molar-refractivity contribution in [3.63, 3.8) is 0 Å². The minimum absolute atomic E-state index is 0.108. The second-order valence-corrected chi connectivity index (χ2v) is 4.11. The zero-order valence-electron chi connectivity index (χ0n) is 7.46. The molecule has 0 radical (unpaired) electrons. The van der Waals surface area contributed by atoms with Crippen LogP contribution in [0.4, 0.5) is 0 Å². The van der Waals surface area contributed by atoms with E-state index in [4.69, 9.17) is 0 Å². The Morgan fingerprint density at radius 1 is 1.21 bits per heavy atom. The van der Waals surface area contributed by atoms with Gasteiger partial charge in [0.1, 0.15) is 11.5 Å². The Balaban J connectivity index is 2.86. The Morgan fingerprint density at radius 3 is 2.43 bits per heavy atom. The molecule has 1 rings (SSSR count). The van der Waals surface area contributed by atoms with Crippen LogP contribution in [0.3, 0.4) is 0 Å². The second-order valence-electron chi connectivity index (χ2n) is 2.99. The van der Waals surface area contributed by atoms with E-state index < -0.39 is 0 Å². The number of carbonyl (C=O) groups excluding carboxylic acids is 1. The number of halogens is 2. The first kappa shape index (κ1) is 11.7. The van der Waals surface area contributed by atoms with Gasteiger partial charge in [0.25, 0.3) is 0 Å². The molecule has 0 saturated carbocycles. The number of carbonyl (C=O) groups is 1. The van der Waals surface area contributed by atoms with Gasteiger partial charge < -0.3 is 5.11 Å². The SMILES string of the molecule is O=C(CBr)Cc1cc(O)cc(CBr)c1. The number of alkyl halides is 2. The zero-order chi connectivity index (χ0) is 10.6. The number of phenolic OH excluding ortho intramolecular Hbond substituents is 1. The van der Waals surface area contributed by atoms with Crippen molar-refractivity contribution in [2.24, 2.45) is 0 Å². The molecular weight excluding hydrogens is 312 g/mol. The minimum atomic E-state index is 0.108. The first-order valence-corrected chi connectivity index (χ1v) is 6.35. The van der Waals surface area contributed by atoms with Crippen LogP contribution in [0.1, 0.15) is 11.1 Å². The normalized spacial score (nSPS) is 10.1. The van der Waals surface area contributed by atoms with Gasteiger partial charge in [0.05, 0.1) is 5.33 Å². The summed E-state index contributed by atoms with van der Waals surface area (Å²) in [5.74, 6) is 0.315. The maximum absolute atomic E-state index is 11.2. The quantitative estimate of drug-likeness (QED) is 0.866. The molecule has 14 heavy (non-hydrogen) atoms. The van der Waals surface area contributed by atoms with E-state index in [0.717, 1.165) is 11.1 Å². The van der Waals surface area contributed by atoms with E-state index in [-0.39, 0.29) is 11.5 Å². The first-order valence-electron chi connectivity index (χ1n) is 4.11. The smallest absolute Gasteiger partial charge is 0.147 e. The lowest BCUT2D eigenvalue weighted by molar-refractivity contribution is -0.115. The molecule has 0 atom stereocenters. The molecule has 0 aliphatic heterocycles. The number of rotatable bonds is 4. The molecule has 0 aromatic heterocycles. The maximum atomic E-state index is 11.2. The van der Waals surface area contributed by atoms with Gasteiger partial charge in [-0.3, -0.25) is 4.79 Å². The molecule has 4 heteroatoms. The lowest BCUT2D eigenvalue weighted by Gasteiger charge is -2.03. The highest BCUT2D eigenvalue weighted by Crippen LogP contribution is 2.18. The maximum Gasteiger partial charge on any atom is 0.147 e. The Kier molecular flexibility index (Phi) is 4.62. The van der Waals surface area contributed by atoms with Gasteiger partial charge in [-0.2, -0.15) is 0 Å². The first-order chi connectivity index (χ1) is 6.65. The van der Waals surface area contributed by atoms with Crippen molar-refractivity contribution < 1.29 is 9.90 Å². The lowest BCUT2D eigenvalue weighted by Crippen LogP contribution is -2.03. The number of hydrogen-bond donors (Lipinski definition) is 1. The summed E-state index contributed by atoms with van der Waals surface area (Å²) >= 11 is 6.41. The minimum Gasteiger partial charge on any atom is -0.508 e. The average Bonchev–Trinajstić information content (AvgIpc) is 2.16. The van der Waals surface area contributed by atoms with E-state index in [2.05, 4.69) is 31.9 Å². The van der Waals surface area contributed by atoms with Gasteiger partial charge in [-0.15, -0.1) is 0 Å². The molecule has 0 saturated heterocycles. The second kappa shape index (κ2) is 5.51. The van der Waals surface area contributed by atoms with Gasteiger partial charge in [-0.25, -0.2) is 0 Å². The Morgan fingerprint density at radius 2 is 1.86 bits per heavy atom. The van der Waals surface area contributed by atoms with Gasteiger partial charge in [0, 0.05) is 11.8 Å². The molecule has 2 nitrogen and oxygen atoms in total. The van der Waals surface area contributed by atoms with E-state index >= 15 is 0 Å². The highest BCUT2D eigenvalue weighted by atomic mass is 79.9. The highest BCUT2D eigenvalue weighted by molar-refractivity contribution is 9.09. The van der Waals surface area contributed by atoms with E-state index in [1.54, 1.807) is 12.1 Å².